The molecular formula is C13H14N6O3. The number of terminal acetylenes is 1. The molecule has 4 heterocycles. The Morgan fingerprint density at radius 1 is 1.50 bits per heavy atom. The Bertz CT molecular complexity index is 814. The molecule has 2 aliphatic heterocycles. The Hall–Kier alpha value is -2.25. The van der Waals surface area contributed by atoms with E-state index in [-0.39, 0.29) is 5.95 Å². The van der Waals surface area contributed by atoms with Crippen molar-refractivity contribution in [2.24, 2.45) is 5.73 Å². The highest BCUT2D eigenvalue weighted by molar-refractivity contribution is 5.71. The number of anilines is 1. The molecule has 0 saturated carbocycles. The lowest BCUT2D eigenvalue weighted by atomic mass is 9.93. The molecule has 9 nitrogen and oxygen atoms in total. The first-order valence-corrected chi connectivity index (χ1v) is 6.68. The van der Waals surface area contributed by atoms with Crippen LogP contribution in [0.1, 0.15) is 13.2 Å². The third kappa shape index (κ3) is 1.44. The van der Waals surface area contributed by atoms with Crippen molar-refractivity contribution in [3.05, 3.63) is 12.5 Å². The van der Waals surface area contributed by atoms with E-state index in [1.165, 1.54) is 12.5 Å². The Morgan fingerprint density at radius 2 is 2.27 bits per heavy atom. The van der Waals surface area contributed by atoms with Crippen molar-refractivity contribution in [3.8, 4) is 12.3 Å². The lowest BCUT2D eigenvalue weighted by Gasteiger charge is -2.28. The molecule has 2 fully saturated rings. The molecule has 114 valence electrons. The van der Waals surface area contributed by atoms with Gasteiger partial charge in [0.2, 0.25) is 11.7 Å². The van der Waals surface area contributed by atoms with Gasteiger partial charge in [-0.05, 0) is 6.92 Å². The molecule has 2 aromatic rings. The lowest BCUT2D eigenvalue weighted by molar-refractivity contribution is -0.168. The molecule has 0 radical (unpaired) electrons. The highest BCUT2D eigenvalue weighted by atomic mass is 16.8. The highest BCUT2D eigenvalue weighted by Gasteiger charge is 2.78. The van der Waals surface area contributed by atoms with Gasteiger partial charge in [-0.2, -0.15) is 4.98 Å². The van der Waals surface area contributed by atoms with Crippen LogP contribution >= 0.6 is 0 Å². The van der Waals surface area contributed by atoms with Crippen LogP contribution in [0, 0.1) is 12.3 Å². The summed E-state index contributed by atoms with van der Waals surface area (Å²) in [6, 6.07) is 0. The number of hydrogen-bond donors (Lipinski definition) is 3. The number of imidazole rings is 1. The number of aliphatic hydroxyl groups excluding tert-OH is 1. The molecule has 2 aliphatic rings. The van der Waals surface area contributed by atoms with Gasteiger partial charge >= 0.3 is 0 Å². The second kappa shape index (κ2) is 3.93. The van der Waals surface area contributed by atoms with Crippen LogP contribution in [0.5, 0.6) is 0 Å². The van der Waals surface area contributed by atoms with Gasteiger partial charge in [0.05, 0.1) is 12.5 Å². The van der Waals surface area contributed by atoms with Gasteiger partial charge < -0.3 is 26.0 Å². The van der Waals surface area contributed by atoms with E-state index in [4.69, 9.17) is 27.4 Å². The molecule has 5 atom stereocenters. The van der Waals surface area contributed by atoms with Crippen molar-refractivity contribution in [2.75, 3.05) is 5.73 Å². The average molecular weight is 302 g/mol. The van der Waals surface area contributed by atoms with Crippen molar-refractivity contribution < 1.29 is 14.6 Å². The van der Waals surface area contributed by atoms with E-state index in [1.807, 2.05) is 0 Å². The molecule has 2 aromatic heterocycles. The number of hydrogen-bond acceptors (Lipinski definition) is 8. The van der Waals surface area contributed by atoms with Crippen LogP contribution in [0.4, 0.5) is 5.95 Å². The summed E-state index contributed by atoms with van der Waals surface area (Å²) in [6.45, 7) is 1.56. The Labute approximate surface area is 125 Å². The molecule has 0 bridgehead atoms. The van der Waals surface area contributed by atoms with Crippen molar-refractivity contribution in [3.63, 3.8) is 0 Å². The summed E-state index contributed by atoms with van der Waals surface area (Å²) < 4.78 is 12.9. The normalized spacial score (nSPS) is 37.7. The van der Waals surface area contributed by atoms with Gasteiger partial charge in [-0.15, -0.1) is 6.42 Å². The van der Waals surface area contributed by atoms with Gasteiger partial charge in [0.25, 0.3) is 0 Å². The summed E-state index contributed by atoms with van der Waals surface area (Å²) in [4.78, 5) is 12.2. The Balaban J connectivity index is 1.85. The summed E-state index contributed by atoms with van der Waals surface area (Å²) in [5, 5.41) is 9.91. The van der Waals surface area contributed by atoms with E-state index in [2.05, 4.69) is 20.9 Å². The molecule has 22 heavy (non-hydrogen) atoms. The maximum atomic E-state index is 9.91. The quantitative estimate of drug-likeness (QED) is 0.462. The standard InChI is InChI=1S/C13H14N6O3/c1-3-12(15)9-13(21-9,6(2)20)22-10(12)19-5-17-7-4-16-11(14)18-8(7)19/h1,4-6,9-10,20H,15H2,2H3,(H2,14,16,18)/t6-,9?,10-,12?,13?/m1/s1. The topological polar surface area (TPSA) is 138 Å². The molecule has 0 spiro atoms. The molecule has 2 saturated heterocycles. The lowest BCUT2D eigenvalue weighted by Crippen LogP contribution is -2.49. The first-order chi connectivity index (χ1) is 10.4. The Morgan fingerprint density at radius 3 is 2.95 bits per heavy atom. The number of ether oxygens (including phenoxy) is 2. The number of nitrogens with two attached hydrogens (primary N) is 2. The van der Waals surface area contributed by atoms with Crippen LogP contribution in [0.15, 0.2) is 12.5 Å². The predicted octanol–water partition coefficient (Wildman–Crippen LogP) is -1.26. The second-order valence-corrected chi connectivity index (χ2v) is 5.53. The number of epoxide rings is 1. The summed E-state index contributed by atoms with van der Waals surface area (Å²) in [7, 11) is 0. The summed E-state index contributed by atoms with van der Waals surface area (Å²) in [5.41, 5.74) is 11.7. The molecule has 3 unspecified atom stereocenters. The SMILES string of the molecule is C#CC1(N)C2OC2([C@@H](C)O)O[C@H]1n1cnc2cnc(N)nc21. The number of aromatic nitrogens is 4. The molecule has 4 rings (SSSR count). The fourth-order valence-corrected chi connectivity index (χ4v) is 2.93. The van der Waals surface area contributed by atoms with E-state index < -0.39 is 29.8 Å². The van der Waals surface area contributed by atoms with Gasteiger partial charge in [-0.3, -0.25) is 4.57 Å². The summed E-state index contributed by atoms with van der Waals surface area (Å²) in [5.74, 6) is 1.43. The summed E-state index contributed by atoms with van der Waals surface area (Å²) >= 11 is 0. The number of rotatable bonds is 2. The molecular weight excluding hydrogens is 288 g/mol. The first-order valence-electron chi connectivity index (χ1n) is 6.68. The van der Waals surface area contributed by atoms with Crippen LogP contribution in [0.3, 0.4) is 0 Å². The van der Waals surface area contributed by atoms with Gasteiger partial charge in [0.15, 0.2) is 23.5 Å². The van der Waals surface area contributed by atoms with E-state index in [0.717, 1.165) is 0 Å². The minimum Gasteiger partial charge on any atom is -0.388 e. The van der Waals surface area contributed by atoms with Crippen molar-refractivity contribution in [1.82, 2.24) is 19.5 Å². The fraction of sp³-hybridized carbons (Fsp3) is 0.462. The maximum absolute atomic E-state index is 9.91. The second-order valence-electron chi connectivity index (χ2n) is 5.53. The van der Waals surface area contributed by atoms with E-state index >= 15 is 0 Å². The van der Waals surface area contributed by atoms with Crippen molar-refractivity contribution >= 4 is 17.1 Å². The van der Waals surface area contributed by atoms with Crippen LogP contribution < -0.4 is 11.5 Å². The zero-order chi connectivity index (χ0) is 15.7. The van der Waals surface area contributed by atoms with E-state index in [0.29, 0.717) is 11.2 Å². The first kappa shape index (κ1) is 13.4. The van der Waals surface area contributed by atoms with Crippen LogP contribution in [0.2, 0.25) is 0 Å². The smallest absolute Gasteiger partial charge is 0.227 e. The monoisotopic (exact) mass is 302 g/mol. The molecule has 5 N–H and O–H groups in total. The molecule has 0 aliphatic carbocycles. The average Bonchev–Trinajstić information content (AvgIpc) is 3.02. The minimum absolute atomic E-state index is 0.0993. The molecule has 9 heteroatoms. The van der Waals surface area contributed by atoms with E-state index in [1.54, 1.807) is 11.5 Å². The number of nitrogens with zero attached hydrogens (tertiary/aromatic N) is 4. The third-order valence-electron chi connectivity index (χ3n) is 4.17. The number of nitrogen functional groups attached to an aromatic ring is 1. The minimum atomic E-state index is -1.26. The zero-order valence-electron chi connectivity index (χ0n) is 11.7. The Kier molecular flexibility index (Phi) is 2.40. The van der Waals surface area contributed by atoms with Gasteiger partial charge in [-0.1, -0.05) is 5.92 Å². The van der Waals surface area contributed by atoms with Gasteiger partial charge in [-0.25, -0.2) is 9.97 Å². The van der Waals surface area contributed by atoms with Gasteiger partial charge in [0.1, 0.15) is 11.6 Å². The zero-order valence-corrected chi connectivity index (χ0v) is 11.7. The van der Waals surface area contributed by atoms with E-state index in [9.17, 15) is 5.11 Å². The predicted molar refractivity (Wildman–Crippen MR) is 74.9 cm³/mol. The van der Waals surface area contributed by atoms with Crippen LogP contribution in [-0.4, -0.2) is 48.2 Å². The van der Waals surface area contributed by atoms with Crippen molar-refractivity contribution in [2.45, 2.75) is 36.7 Å². The van der Waals surface area contributed by atoms with Gasteiger partial charge in [0, 0.05) is 0 Å². The van der Waals surface area contributed by atoms with Crippen molar-refractivity contribution in [1.29, 1.82) is 0 Å². The van der Waals surface area contributed by atoms with Crippen LogP contribution in [0.25, 0.3) is 11.2 Å². The third-order valence-corrected chi connectivity index (χ3v) is 4.17. The fourth-order valence-electron chi connectivity index (χ4n) is 2.93. The van der Waals surface area contributed by atoms with Crippen LogP contribution in [-0.2, 0) is 9.47 Å². The molecule has 0 amide bonds. The molecule has 0 aromatic carbocycles. The highest BCUT2D eigenvalue weighted by Crippen LogP contribution is 2.58. The maximum Gasteiger partial charge on any atom is 0.227 e. The summed E-state index contributed by atoms with van der Waals surface area (Å²) in [6.07, 6.45) is 6.34. The number of fused-ring (bicyclic) bond motifs is 2. The largest absolute Gasteiger partial charge is 0.388 e. The number of aliphatic hydroxyl groups is 1.